The molecule has 4 nitrogen and oxygen atoms in total. The van der Waals surface area contributed by atoms with E-state index in [1.807, 2.05) is 47.6 Å². The Labute approximate surface area is 123 Å². The van der Waals surface area contributed by atoms with Crippen molar-refractivity contribution in [1.29, 1.82) is 0 Å². The highest BCUT2D eigenvalue weighted by atomic mass is 16.6. The maximum Gasteiger partial charge on any atom is 0.412 e. The van der Waals surface area contributed by atoms with Crippen LogP contribution in [0.15, 0.2) is 12.2 Å². The van der Waals surface area contributed by atoms with Crippen LogP contribution in [-0.2, 0) is 9.47 Å². The zero-order valence-electron chi connectivity index (χ0n) is 14.1. The molecule has 1 amide bonds. The second-order valence-corrected chi connectivity index (χ2v) is 7.45. The first-order chi connectivity index (χ1) is 8.91. The van der Waals surface area contributed by atoms with Crippen LogP contribution in [0.3, 0.4) is 0 Å². The molecule has 1 saturated heterocycles. The minimum Gasteiger partial charge on any atom is -0.444 e. The molecule has 0 aromatic heterocycles. The highest BCUT2D eigenvalue weighted by Gasteiger charge is 2.50. The molecule has 1 aliphatic heterocycles. The smallest absolute Gasteiger partial charge is 0.412 e. The van der Waals surface area contributed by atoms with Crippen molar-refractivity contribution < 1.29 is 14.3 Å². The van der Waals surface area contributed by atoms with E-state index >= 15 is 0 Å². The van der Waals surface area contributed by atoms with Crippen LogP contribution in [0.25, 0.3) is 0 Å². The van der Waals surface area contributed by atoms with E-state index in [2.05, 4.69) is 19.9 Å². The summed E-state index contributed by atoms with van der Waals surface area (Å²) in [6, 6.07) is -0.0384. The standard InChI is InChI=1S/C16H29NO3/c1-9-10-15(5,6)12-11-19-16(7,8)17(12)13(18)20-14(2,3)4/h9-10,12H,11H2,1-8H3/b10-9-/t12-/m1/s1. The molecule has 0 N–H and O–H groups in total. The molecule has 0 saturated carbocycles. The highest BCUT2D eigenvalue weighted by molar-refractivity contribution is 5.70. The van der Waals surface area contributed by atoms with Crippen LogP contribution >= 0.6 is 0 Å². The Hall–Kier alpha value is -1.03. The lowest BCUT2D eigenvalue weighted by Crippen LogP contribution is -2.53. The van der Waals surface area contributed by atoms with Crippen LogP contribution in [0, 0.1) is 5.41 Å². The van der Waals surface area contributed by atoms with E-state index in [4.69, 9.17) is 9.47 Å². The second-order valence-electron chi connectivity index (χ2n) is 7.45. The van der Waals surface area contributed by atoms with E-state index in [0.29, 0.717) is 6.61 Å². The normalized spacial score (nSPS) is 23.4. The van der Waals surface area contributed by atoms with Crippen molar-refractivity contribution in [1.82, 2.24) is 4.90 Å². The van der Waals surface area contributed by atoms with Crippen LogP contribution in [0.2, 0.25) is 0 Å². The van der Waals surface area contributed by atoms with Crippen LogP contribution in [0.4, 0.5) is 4.79 Å². The Morgan fingerprint density at radius 2 is 1.85 bits per heavy atom. The van der Waals surface area contributed by atoms with Crippen LogP contribution in [-0.4, -0.2) is 35.0 Å². The van der Waals surface area contributed by atoms with E-state index in [-0.39, 0.29) is 17.6 Å². The summed E-state index contributed by atoms with van der Waals surface area (Å²) in [5.74, 6) is 0. The highest BCUT2D eigenvalue weighted by Crippen LogP contribution is 2.38. The summed E-state index contributed by atoms with van der Waals surface area (Å²) >= 11 is 0. The molecule has 0 spiro atoms. The molecule has 0 unspecified atom stereocenters. The molecule has 0 aromatic rings. The third kappa shape index (κ3) is 3.75. The van der Waals surface area contributed by atoms with Gasteiger partial charge in [-0.05, 0) is 41.5 Å². The molecule has 116 valence electrons. The number of hydrogen-bond donors (Lipinski definition) is 0. The van der Waals surface area contributed by atoms with Crippen molar-refractivity contribution in [2.24, 2.45) is 5.41 Å². The average molecular weight is 283 g/mol. The Morgan fingerprint density at radius 3 is 2.30 bits per heavy atom. The molecule has 1 atom stereocenters. The molecule has 0 aliphatic carbocycles. The number of carbonyl (C=O) groups excluding carboxylic acids is 1. The Bertz CT molecular complexity index is 391. The molecule has 4 heteroatoms. The monoisotopic (exact) mass is 283 g/mol. The average Bonchev–Trinajstić information content (AvgIpc) is 2.51. The molecular formula is C16H29NO3. The van der Waals surface area contributed by atoms with Gasteiger partial charge in [-0.3, -0.25) is 4.90 Å². The number of nitrogens with zero attached hydrogens (tertiary/aromatic N) is 1. The fourth-order valence-electron chi connectivity index (χ4n) is 2.55. The van der Waals surface area contributed by atoms with Crippen molar-refractivity contribution >= 4 is 6.09 Å². The number of ether oxygens (including phenoxy) is 2. The van der Waals surface area contributed by atoms with E-state index in [9.17, 15) is 4.79 Å². The molecule has 1 rings (SSSR count). The minimum atomic E-state index is -0.647. The number of carbonyl (C=O) groups is 1. The molecule has 0 aromatic carbocycles. The second kappa shape index (κ2) is 5.40. The summed E-state index contributed by atoms with van der Waals surface area (Å²) in [7, 11) is 0. The number of hydrogen-bond acceptors (Lipinski definition) is 3. The fraction of sp³-hybridized carbons (Fsp3) is 0.812. The fourth-order valence-corrected chi connectivity index (χ4v) is 2.55. The zero-order chi connectivity index (χ0) is 15.8. The van der Waals surface area contributed by atoms with Gasteiger partial charge in [0.05, 0.1) is 12.6 Å². The first-order valence-electron chi connectivity index (χ1n) is 7.21. The van der Waals surface area contributed by atoms with Gasteiger partial charge in [0, 0.05) is 5.41 Å². The summed E-state index contributed by atoms with van der Waals surface area (Å²) in [5.41, 5.74) is -1.32. The molecule has 20 heavy (non-hydrogen) atoms. The number of rotatable bonds is 2. The lowest BCUT2D eigenvalue weighted by molar-refractivity contribution is -0.0656. The van der Waals surface area contributed by atoms with Gasteiger partial charge in [-0.15, -0.1) is 0 Å². The Morgan fingerprint density at radius 1 is 1.30 bits per heavy atom. The van der Waals surface area contributed by atoms with Crippen LogP contribution in [0.5, 0.6) is 0 Å². The van der Waals surface area contributed by atoms with Crippen molar-refractivity contribution in [2.75, 3.05) is 6.61 Å². The third-order valence-electron chi connectivity index (χ3n) is 3.53. The van der Waals surface area contributed by atoms with Gasteiger partial charge in [0.25, 0.3) is 0 Å². The molecule has 1 fully saturated rings. The van der Waals surface area contributed by atoms with E-state index in [1.165, 1.54) is 0 Å². The van der Waals surface area contributed by atoms with E-state index in [0.717, 1.165) is 0 Å². The lowest BCUT2D eigenvalue weighted by atomic mass is 9.83. The zero-order valence-corrected chi connectivity index (χ0v) is 14.1. The third-order valence-corrected chi connectivity index (χ3v) is 3.53. The summed E-state index contributed by atoms with van der Waals surface area (Å²) in [5, 5.41) is 0. The van der Waals surface area contributed by atoms with E-state index in [1.54, 1.807) is 4.90 Å². The van der Waals surface area contributed by atoms with Gasteiger partial charge >= 0.3 is 6.09 Å². The Balaban J connectivity index is 3.06. The lowest BCUT2D eigenvalue weighted by Gasteiger charge is -2.40. The van der Waals surface area contributed by atoms with Crippen molar-refractivity contribution in [3.63, 3.8) is 0 Å². The molecular weight excluding hydrogens is 254 g/mol. The molecule has 0 radical (unpaired) electrons. The predicted octanol–water partition coefficient (Wildman–Crippen LogP) is 3.96. The van der Waals surface area contributed by atoms with Gasteiger partial charge < -0.3 is 9.47 Å². The number of allylic oxidation sites excluding steroid dienone is 1. The van der Waals surface area contributed by atoms with Gasteiger partial charge in [0.15, 0.2) is 0 Å². The predicted molar refractivity (Wildman–Crippen MR) is 80.5 cm³/mol. The molecule has 1 aliphatic rings. The largest absolute Gasteiger partial charge is 0.444 e. The quantitative estimate of drug-likeness (QED) is 0.720. The Kier molecular flexibility index (Phi) is 4.59. The van der Waals surface area contributed by atoms with Gasteiger partial charge in [-0.25, -0.2) is 4.79 Å². The summed E-state index contributed by atoms with van der Waals surface area (Å²) in [4.78, 5) is 14.3. The SMILES string of the molecule is C/C=C\C(C)(C)[C@H]1COC(C)(C)N1C(=O)OC(C)(C)C. The molecule has 1 heterocycles. The van der Waals surface area contributed by atoms with Crippen LogP contribution in [0.1, 0.15) is 55.4 Å². The first kappa shape index (κ1) is 17.0. The minimum absolute atomic E-state index is 0.0384. The maximum atomic E-state index is 12.5. The molecule has 0 bridgehead atoms. The topological polar surface area (TPSA) is 38.8 Å². The summed E-state index contributed by atoms with van der Waals surface area (Å²) in [6.45, 7) is 16.2. The summed E-state index contributed by atoms with van der Waals surface area (Å²) < 4.78 is 11.4. The van der Waals surface area contributed by atoms with Gasteiger partial charge in [-0.1, -0.05) is 26.0 Å². The van der Waals surface area contributed by atoms with Gasteiger partial charge in [0.1, 0.15) is 11.3 Å². The number of amides is 1. The maximum absolute atomic E-state index is 12.5. The van der Waals surface area contributed by atoms with Crippen molar-refractivity contribution in [2.45, 2.75) is 72.8 Å². The van der Waals surface area contributed by atoms with Crippen LogP contribution < -0.4 is 0 Å². The van der Waals surface area contributed by atoms with E-state index < -0.39 is 11.3 Å². The summed E-state index contributed by atoms with van der Waals surface area (Å²) in [6.07, 6.45) is 3.81. The van der Waals surface area contributed by atoms with Gasteiger partial charge in [0.2, 0.25) is 0 Å². The van der Waals surface area contributed by atoms with Gasteiger partial charge in [-0.2, -0.15) is 0 Å². The van der Waals surface area contributed by atoms with Crippen molar-refractivity contribution in [3.8, 4) is 0 Å². The van der Waals surface area contributed by atoms with Crippen molar-refractivity contribution in [3.05, 3.63) is 12.2 Å². The first-order valence-corrected chi connectivity index (χ1v) is 7.21.